The highest BCUT2D eigenvalue weighted by molar-refractivity contribution is 6.24. The molecule has 0 aromatic heterocycles. The largest absolute Gasteiger partial charge is 0.308 e. The fraction of sp³-hybridized carbons (Fsp3) is 0.300. The molecule has 0 N–H and O–H groups in total. The third kappa shape index (κ3) is 1.87. The van der Waals surface area contributed by atoms with Crippen LogP contribution >= 0.6 is 11.6 Å². The van der Waals surface area contributed by atoms with Gasteiger partial charge in [0.05, 0.1) is 11.1 Å². The minimum atomic E-state index is -1.28. The van der Waals surface area contributed by atoms with Gasteiger partial charge in [-0.15, -0.1) is 11.6 Å². The Kier molecular flexibility index (Phi) is 2.80. The Morgan fingerprint density at radius 1 is 1.19 bits per heavy atom. The van der Waals surface area contributed by atoms with Crippen molar-refractivity contribution in [1.29, 1.82) is 0 Å². The number of halogens is 4. The van der Waals surface area contributed by atoms with Gasteiger partial charge < -0.3 is 4.90 Å². The molecule has 1 atom stereocenters. The first-order valence-corrected chi connectivity index (χ1v) is 5.01. The molecule has 1 aromatic rings. The Bertz CT molecular complexity index is 452. The SMILES string of the molecule is O=C1CC(Cl)CN1c1cc(F)c(F)cc1F. The highest BCUT2D eigenvalue weighted by atomic mass is 35.5. The van der Waals surface area contributed by atoms with E-state index in [1.54, 1.807) is 0 Å². The van der Waals surface area contributed by atoms with Gasteiger partial charge in [-0.1, -0.05) is 0 Å². The van der Waals surface area contributed by atoms with E-state index in [-0.39, 0.29) is 18.7 Å². The molecule has 0 spiro atoms. The highest BCUT2D eigenvalue weighted by Crippen LogP contribution is 2.28. The van der Waals surface area contributed by atoms with Gasteiger partial charge in [-0.05, 0) is 0 Å². The van der Waals surface area contributed by atoms with Crippen molar-refractivity contribution in [3.8, 4) is 0 Å². The topological polar surface area (TPSA) is 20.3 Å². The number of carbonyl (C=O) groups is 1. The zero-order valence-corrected chi connectivity index (χ0v) is 8.77. The number of benzene rings is 1. The Morgan fingerprint density at radius 3 is 2.38 bits per heavy atom. The zero-order valence-electron chi connectivity index (χ0n) is 8.01. The Balaban J connectivity index is 2.41. The van der Waals surface area contributed by atoms with E-state index in [2.05, 4.69) is 0 Å². The van der Waals surface area contributed by atoms with Crippen LogP contribution in [0.15, 0.2) is 12.1 Å². The van der Waals surface area contributed by atoms with Gasteiger partial charge in [0, 0.05) is 25.1 Å². The minimum absolute atomic E-state index is 0.0694. The zero-order chi connectivity index (χ0) is 11.9. The predicted octanol–water partition coefficient (Wildman–Crippen LogP) is 2.45. The molecule has 0 saturated carbocycles. The summed E-state index contributed by atoms with van der Waals surface area (Å²) in [5, 5.41) is -0.431. The molecule has 1 aromatic carbocycles. The summed E-state index contributed by atoms with van der Waals surface area (Å²) in [4.78, 5) is 12.4. The monoisotopic (exact) mass is 249 g/mol. The number of nitrogens with zero attached hydrogens (tertiary/aromatic N) is 1. The number of hydrogen-bond acceptors (Lipinski definition) is 1. The molecule has 86 valence electrons. The molecule has 1 unspecified atom stereocenters. The van der Waals surface area contributed by atoms with Crippen LogP contribution in [0.5, 0.6) is 0 Å². The van der Waals surface area contributed by atoms with Crippen molar-refractivity contribution in [2.45, 2.75) is 11.8 Å². The van der Waals surface area contributed by atoms with Crippen molar-refractivity contribution < 1.29 is 18.0 Å². The van der Waals surface area contributed by atoms with E-state index < -0.39 is 28.7 Å². The highest BCUT2D eigenvalue weighted by Gasteiger charge is 2.31. The van der Waals surface area contributed by atoms with Crippen LogP contribution in [0.3, 0.4) is 0 Å². The van der Waals surface area contributed by atoms with Crippen molar-refractivity contribution in [1.82, 2.24) is 0 Å². The molecule has 1 aliphatic heterocycles. The fourth-order valence-electron chi connectivity index (χ4n) is 1.62. The number of rotatable bonds is 1. The van der Waals surface area contributed by atoms with E-state index >= 15 is 0 Å². The third-order valence-electron chi connectivity index (χ3n) is 2.36. The summed E-state index contributed by atoms with van der Waals surface area (Å²) >= 11 is 5.72. The Labute approximate surface area is 94.6 Å². The molecule has 2 rings (SSSR count). The molecule has 0 bridgehead atoms. The average molecular weight is 250 g/mol. The van der Waals surface area contributed by atoms with Gasteiger partial charge in [-0.3, -0.25) is 4.79 Å². The quantitative estimate of drug-likeness (QED) is 0.553. The van der Waals surface area contributed by atoms with Crippen molar-refractivity contribution in [3.05, 3.63) is 29.6 Å². The van der Waals surface area contributed by atoms with Crippen LogP contribution in [0.25, 0.3) is 0 Å². The lowest BCUT2D eigenvalue weighted by Crippen LogP contribution is -2.25. The summed E-state index contributed by atoms with van der Waals surface area (Å²) in [6.07, 6.45) is 0.0694. The smallest absolute Gasteiger partial charge is 0.228 e. The number of hydrogen-bond donors (Lipinski definition) is 0. The van der Waals surface area contributed by atoms with Crippen LogP contribution in [0, 0.1) is 17.5 Å². The summed E-state index contributed by atoms with van der Waals surface area (Å²) in [6, 6.07) is 1.08. The minimum Gasteiger partial charge on any atom is -0.308 e. The van der Waals surface area contributed by atoms with Crippen LogP contribution in [0.2, 0.25) is 0 Å². The second kappa shape index (κ2) is 3.97. The summed E-state index contributed by atoms with van der Waals surface area (Å²) in [6.45, 7) is 0.0996. The van der Waals surface area contributed by atoms with Gasteiger partial charge >= 0.3 is 0 Å². The molecule has 16 heavy (non-hydrogen) atoms. The van der Waals surface area contributed by atoms with Crippen LogP contribution in [0.1, 0.15) is 6.42 Å². The number of alkyl halides is 1. The van der Waals surface area contributed by atoms with Crippen molar-refractivity contribution in [2.75, 3.05) is 11.4 Å². The molecule has 0 radical (unpaired) electrons. The van der Waals surface area contributed by atoms with Gasteiger partial charge in [0.1, 0.15) is 5.82 Å². The summed E-state index contributed by atoms with van der Waals surface area (Å²) < 4.78 is 38.9. The van der Waals surface area contributed by atoms with Crippen molar-refractivity contribution in [2.24, 2.45) is 0 Å². The molecule has 2 nitrogen and oxygen atoms in total. The van der Waals surface area contributed by atoms with Crippen LogP contribution in [0.4, 0.5) is 18.9 Å². The van der Waals surface area contributed by atoms with Crippen LogP contribution in [-0.2, 0) is 4.79 Å². The molecular weight excluding hydrogens is 243 g/mol. The second-order valence-corrected chi connectivity index (χ2v) is 4.14. The second-order valence-electron chi connectivity index (χ2n) is 3.52. The standard InChI is InChI=1S/C10H7ClF3NO/c11-5-1-10(16)15(4-5)9-3-7(13)6(12)2-8(9)14/h2-3,5H,1,4H2. The van der Waals surface area contributed by atoms with E-state index in [1.807, 2.05) is 0 Å². The van der Waals surface area contributed by atoms with Crippen LogP contribution < -0.4 is 4.90 Å². The van der Waals surface area contributed by atoms with Gasteiger partial charge in [0.2, 0.25) is 5.91 Å². The van der Waals surface area contributed by atoms with E-state index in [4.69, 9.17) is 11.6 Å². The lowest BCUT2D eigenvalue weighted by Gasteiger charge is -2.16. The molecule has 1 heterocycles. The summed E-state index contributed by atoms with van der Waals surface area (Å²) in [5.41, 5.74) is -0.271. The number of amides is 1. The fourth-order valence-corrected chi connectivity index (χ4v) is 1.89. The van der Waals surface area contributed by atoms with Gasteiger partial charge in [0.25, 0.3) is 0 Å². The molecule has 0 aliphatic carbocycles. The maximum atomic E-state index is 13.3. The lowest BCUT2D eigenvalue weighted by molar-refractivity contribution is -0.117. The molecule has 6 heteroatoms. The Hall–Kier alpha value is -1.23. The maximum absolute atomic E-state index is 13.3. The molecule has 1 saturated heterocycles. The van der Waals surface area contributed by atoms with E-state index in [0.29, 0.717) is 12.1 Å². The summed E-state index contributed by atoms with van der Waals surface area (Å²) in [5.74, 6) is -3.85. The van der Waals surface area contributed by atoms with Gasteiger partial charge in [0.15, 0.2) is 11.6 Å². The maximum Gasteiger partial charge on any atom is 0.228 e. The summed E-state index contributed by atoms with van der Waals surface area (Å²) in [7, 11) is 0. The van der Waals surface area contributed by atoms with Gasteiger partial charge in [-0.2, -0.15) is 0 Å². The first-order valence-electron chi connectivity index (χ1n) is 4.58. The Morgan fingerprint density at radius 2 is 1.81 bits per heavy atom. The normalized spacial score (nSPS) is 20.6. The van der Waals surface area contributed by atoms with E-state index in [0.717, 1.165) is 4.90 Å². The molecule has 1 fully saturated rings. The first-order chi connectivity index (χ1) is 7.49. The third-order valence-corrected chi connectivity index (χ3v) is 2.65. The molecule has 1 aliphatic rings. The average Bonchev–Trinajstić information content (AvgIpc) is 2.51. The van der Waals surface area contributed by atoms with Crippen LogP contribution in [-0.4, -0.2) is 17.8 Å². The van der Waals surface area contributed by atoms with Gasteiger partial charge in [-0.25, -0.2) is 13.2 Å². The lowest BCUT2D eigenvalue weighted by atomic mass is 10.2. The van der Waals surface area contributed by atoms with E-state index in [9.17, 15) is 18.0 Å². The van der Waals surface area contributed by atoms with Crippen molar-refractivity contribution >= 4 is 23.2 Å². The van der Waals surface area contributed by atoms with E-state index in [1.165, 1.54) is 0 Å². The first kappa shape index (κ1) is 11.3. The predicted molar refractivity (Wildman–Crippen MR) is 52.9 cm³/mol. The molecule has 1 amide bonds. The molecular formula is C10H7ClF3NO. The number of carbonyl (C=O) groups excluding carboxylic acids is 1. The number of anilines is 1. The van der Waals surface area contributed by atoms with Crippen molar-refractivity contribution in [3.63, 3.8) is 0 Å².